The molecule has 30 heavy (non-hydrogen) atoms. The van der Waals surface area contributed by atoms with E-state index in [9.17, 15) is 18.0 Å². The number of carbonyl (C=O) groups is 1. The number of aryl methyl sites for hydroxylation is 2. The number of nitrogens with zero attached hydrogens (tertiary/aromatic N) is 3. The van der Waals surface area contributed by atoms with E-state index < -0.39 is 17.8 Å². The van der Waals surface area contributed by atoms with Crippen LogP contribution in [0.4, 0.5) is 13.2 Å². The molecule has 6 nitrogen and oxygen atoms in total. The molecule has 2 heterocycles. The highest BCUT2D eigenvalue weighted by atomic mass is 19.4. The van der Waals surface area contributed by atoms with Crippen LogP contribution in [0, 0.1) is 11.3 Å². The highest BCUT2D eigenvalue weighted by molar-refractivity contribution is 5.93. The van der Waals surface area contributed by atoms with Gasteiger partial charge in [0.15, 0.2) is 0 Å². The number of nitrogens with two attached hydrogens (primary N) is 1. The van der Waals surface area contributed by atoms with Crippen molar-refractivity contribution in [3.8, 4) is 17.5 Å². The van der Waals surface area contributed by atoms with Gasteiger partial charge in [0.1, 0.15) is 11.5 Å². The summed E-state index contributed by atoms with van der Waals surface area (Å²) in [5.74, 6) is 0.536. The van der Waals surface area contributed by atoms with Gasteiger partial charge in [0.25, 0.3) is 0 Å². The lowest BCUT2D eigenvalue weighted by Crippen LogP contribution is -2.10. The van der Waals surface area contributed by atoms with Gasteiger partial charge in [-0.1, -0.05) is 6.07 Å². The van der Waals surface area contributed by atoms with Crippen molar-refractivity contribution in [1.82, 2.24) is 9.97 Å². The number of fused-ring (bicyclic) bond motifs is 1. The molecular formula is C21H17F3N4O2. The van der Waals surface area contributed by atoms with E-state index in [-0.39, 0.29) is 5.89 Å². The molecule has 1 aliphatic rings. The van der Waals surface area contributed by atoms with Crippen molar-refractivity contribution in [2.24, 2.45) is 5.73 Å². The second kappa shape index (κ2) is 8.78. The number of hydrogen-bond acceptors (Lipinski definition) is 5. The third kappa shape index (κ3) is 5.03. The second-order valence-corrected chi connectivity index (χ2v) is 6.58. The summed E-state index contributed by atoms with van der Waals surface area (Å²) in [4.78, 5) is 18.2. The van der Waals surface area contributed by atoms with E-state index in [2.05, 4.69) is 9.97 Å². The van der Waals surface area contributed by atoms with Crippen LogP contribution in [0.1, 0.15) is 45.9 Å². The van der Waals surface area contributed by atoms with Crippen LogP contribution in [0.5, 0.6) is 0 Å². The lowest BCUT2D eigenvalue weighted by molar-refractivity contribution is -0.141. The number of rotatable bonds is 2. The van der Waals surface area contributed by atoms with E-state index in [4.69, 9.17) is 15.4 Å². The monoisotopic (exact) mass is 414 g/mol. The number of alkyl halides is 3. The van der Waals surface area contributed by atoms with Gasteiger partial charge in [-0.2, -0.15) is 18.4 Å². The van der Waals surface area contributed by atoms with Gasteiger partial charge < -0.3 is 10.2 Å². The SMILES string of the molecule is FC(F)(F)c1cc(-c2nc3c(o2)CCCC3)ccn1.N#Cc1cccc(C(N)=O)c1. The number of primary amides is 1. The topological polar surface area (TPSA) is 106 Å². The van der Waals surface area contributed by atoms with E-state index >= 15 is 0 Å². The lowest BCUT2D eigenvalue weighted by atomic mass is 10.0. The Morgan fingerprint density at radius 3 is 2.60 bits per heavy atom. The minimum absolute atomic E-state index is 0.250. The van der Waals surface area contributed by atoms with Crippen molar-refractivity contribution >= 4 is 5.91 Å². The average Bonchev–Trinajstić information content (AvgIpc) is 3.18. The van der Waals surface area contributed by atoms with Crippen LogP contribution in [0.3, 0.4) is 0 Å². The van der Waals surface area contributed by atoms with Crippen LogP contribution in [0.2, 0.25) is 0 Å². The lowest BCUT2D eigenvalue weighted by Gasteiger charge is -2.05. The third-order valence-electron chi connectivity index (χ3n) is 4.42. The number of halogens is 3. The van der Waals surface area contributed by atoms with Gasteiger partial charge in [-0.15, -0.1) is 0 Å². The molecule has 0 atom stereocenters. The maximum Gasteiger partial charge on any atom is 0.433 e. The van der Waals surface area contributed by atoms with Crippen molar-refractivity contribution in [1.29, 1.82) is 5.26 Å². The molecule has 0 radical (unpaired) electrons. The van der Waals surface area contributed by atoms with Gasteiger partial charge in [0, 0.05) is 23.7 Å². The molecule has 2 N–H and O–H groups in total. The molecule has 0 fully saturated rings. The van der Waals surface area contributed by atoms with Crippen LogP contribution < -0.4 is 5.73 Å². The molecule has 0 saturated carbocycles. The van der Waals surface area contributed by atoms with Crippen LogP contribution >= 0.6 is 0 Å². The number of hydrogen-bond donors (Lipinski definition) is 1. The Balaban J connectivity index is 0.000000199. The standard InChI is InChI=1S/C13H11F3N2O.C8H6N2O/c14-13(15,16)11-7-8(5-6-17-11)12-18-9-3-1-2-4-10(9)19-12;9-5-6-2-1-3-7(4-6)8(10)11/h5-7H,1-4H2;1-4H,(H2,10,11). The molecule has 0 bridgehead atoms. The molecular weight excluding hydrogens is 397 g/mol. The summed E-state index contributed by atoms with van der Waals surface area (Å²) in [5.41, 5.74) is 6.05. The van der Waals surface area contributed by atoms with Gasteiger partial charge >= 0.3 is 6.18 Å². The first-order chi connectivity index (χ1) is 14.3. The minimum Gasteiger partial charge on any atom is -0.441 e. The molecule has 0 spiro atoms. The highest BCUT2D eigenvalue weighted by Crippen LogP contribution is 2.32. The minimum atomic E-state index is -4.46. The molecule has 0 unspecified atom stereocenters. The number of benzene rings is 1. The fourth-order valence-electron chi connectivity index (χ4n) is 2.94. The van der Waals surface area contributed by atoms with Crippen molar-refractivity contribution < 1.29 is 22.4 Å². The molecule has 4 rings (SSSR count). The number of amides is 1. The van der Waals surface area contributed by atoms with Gasteiger partial charge in [0.05, 0.1) is 17.3 Å². The molecule has 9 heteroatoms. The maximum absolute atomic E-state index is 12.6. The van der Waals surface area contributed by atoms with E-state index in [1.807, 2.05) is 6.07 Å². The Morgan fingerprint density at radius 1 is 1.17 bits per heavy atom. The second-order valence-electron chi connectivity index (χ2n) is 6.58. The zero-order valence-corrected chi connectivity index (χ0v) is 15.7. The van der Waals surface area contributed by atoms with Crippen molar-refractivity contribution in [2.45, 2.75) is 31.9 Å². The van der Waals surface area contributed by atoms with E-state index in [0.29, 0.717) is 16.7 Å². The normalized spacial score (nSPS) is 12.9. The van der Waals surface area contributed by atoms with Gasteiger partial charge in [0.2, 0.25) is 11.8 Å². The first kappa shape index (κ1) is 21.0. The van der Waals surface area contributed by atoms with Crippen LogP contribution in [-0.4, -0.2) is 15.9 Å². The van der Waals surface area contributed by atoms with E-state index in [0.717, 1.165) is 49.4 Å². The molecule has 3 aromatic rings. The van der Waals surface area contributed by atoms with Gasteiger partial charge in [-0.05, 0) is 49.6 Å². The van der Waals surface area contributed by atoms with Crippen molar-refractivity contribution in [3.63, 3.8) is 0 Å². The molecule has 0 saturated heterocycles. The molecule has 2 aromatic heterocycles. The Kier molecular flexibility index (Phi) is 6.16. The zero-order valence-electron chi connectivity index (χ0n) is 15.7. The molecule has 1 aliphatic carbocycles. The Morgan fingerprint density at radius 2 is 1.93 bits per heavy atom. The number of carbonyl (C=O) groups excluding carboxylic acids is 1. The fraction of sp³-hybridized carbons (Fsp3) is 0.238. The van der Waals surface area contributed by atoms with E-state index in [1.54, 1.807) is 18.2 Å². The largest absolute Gasteiger partial charge is 0.441 e. The van der Waals surface area contributed by atoms with E-state index in [1.165, 1.54) is 12.1 Å². The molecule has 0 aliphatic heterocycles. The Hall–Kier alpha value is -3.67. The molecule has 154 valence electrons. The number of nitriles is 1. The van der Waals surface area contributed by atoms with Gasteiger partial charge in [-0.25, -0.2) is 4.98 Å². The highest BCUT2D eigenvalue weighted by Gasteiger charge is 2.33. The maximum atomic E-state index is 12.6. The summed E-state index contributed by atoms with van der Waals surface area (Å²) in [6.07, 6.45) is 0.383. The third-order valence-corrected chi connectivity index (χ3v) is 4.42. The molecule has 1 aromatic carbocycles. The zero-order chi connectivity index (χ0) is 21.7. The van der Waals surface area contributed by atoms with Gasteiger partial charge in [-0.3, -0.25) is 9.78 Å². The summed E-state index contributed by atoms with van der Waals surface area (Å²) in [5, 5.41) is 8.44. The number of pyridine rings is 1. The quantitative estimate of drug-likeness (QED) is 0.673. The van der Waals surface area contributed by atoms with Crippen LogP contribution in [0.25, 0.3) is 11.5 Å². The number of aromatic nitrogens is 2. The Bertz CT molecular complexity index is 1080. The fourth-order valence-corrected chi connectivity index (χ4v) is 2.94. The van der Waals surface area contributed by atoms with Crippen molar-refractivity contribution in [3.05, 3.63) is 70.9 Å². The Labute approximate surface area is 170 Å². The van der Waals surface area contributed by atoms with Crippen LogP contribution in [0.15, 0.2) is 47.0 Å². The van der Waals surface area contributed by atoms with Crippen molar-refractivity contribution in [2.75, 3.05) is 0 Å². The summed E-state index contributed by atoms with van der Waals surface area (Å²) in [6, 6.07) is 10.6. The number of oxazole rings is 1. The summed E-state index contributed by atoms with van der Waals surface area (Å²) >= 11 is 0. The molecule has 1 amide bonds. The summed E-state index contributed by atoms with van der Waals surface area (Å²) in [6.45, 7) is 0. The summed E-state index contributed by atoms with van der Waals surface area (Å²) < 4.78 is 43.3. The van der Waals surface area contributed by atoms with Crippen LogP contribution in [-0.2, 0) is 19.0 Å². The first-order valence-electron chi connectivity index (χ1n) is 9.10. The summed E-state index contributed by atoms with van der Waals surface area (Å²) in [7, 11) is 0. The smallest absolute Gasteiger partial charge is 0.433 e. The first-order valence-corrected chi connectivity index (χ1v) is 9.10. The predicted octanol–water partition coefficient (Wildman–Crippen LogP) is 4.29. The predicted molar refractivity (Wildman–Crippen MR) is 101 cm³/mol. The average molecular weight is 414 g/mol.